The van der Waals surface area contributed by atoms with Gasteiger partial charge in [0.05, 0.1) is 18.3 Å². The van der Waals surface area contributed by atoms with E-state index in [0.29, 0.717) is 24.0 Å². The zero-order chi connectivity index (χ0) is 19.6. The molecule has 0 aliphatic heterocycles. The highest BCUT2D eigenvalue weighted by Crippen LogP contribution is 2.27. The van der Waals surface area contributed by atoms with Gasteiger partial charge in [-0.25, -0.2) is 29.6 Å². The minimum atomic E-state index is 0.0295. The van der Waals surface area contributed by atoms with Crippen molar-refractivity contribution in [1.29, 1.82) is 0 Å². The van der Waals surface area contributed by atoms with Gasteiger partial charge in [0.1, 0.15) is 30.1 Å². The molecule has 10 nitrogen and oxygen atoms in total. The number of hydrogen-bond donors (Lipinski definition) is 3. The van der Waals surface area contributed by atoms with Gasteiger partial charge in [0.2, 0.25) is 0 Å². The van der Waals surface area contributed by atoms with E-state index in [1.807, 2.05) is 10.7 Å². The van der Waals surface area contributed by atoms with E-state index >= 15 is 0 Å². The summed E-state index contributed by atoms with van der Waals surface area (Å²) in [6.45, 7) is 0.449. The van der Waals surface area contributed by atoms with Crippen LogP contribution >= 0.6 is 0 Å². The summed E-state index contributed by atoms with van der Waals surface area (Å²) in [6, 6.07) is 3.69. The number of nitrogens with one attached hydrogen (secondary N) is 2. The van der Waals surface area contributed by atoms with E-state index in [9.17, 15) is 0 Å². The standard InChI is InChI=1S/C19H19N9O/c29-5-4-20-16-7-18(24-11-23-16)27-17-6-15-12(8-21-17)9-26-28(15)19-13-2-1-3-14(13)22-10-25-19/h6-11,29H,1-5H2,(H2,20,21,23,24,27). The summed E-state index contributed by atoms with van der Waals surface area (Å²) < 4.78 is 1.85. The fourth-order valence-electron chi connectivity index (χ4n) is 3.52. The quantitative estimate of drug-likeness (QED) is 0.451. The molecule has 10 heteroatoms. The van der Waals surface area contributed by atoms with Crippen molar-refractivity contribution in [2.24, 2.45) is 0 Å². The first-order valence-electron chi connectivity index (χ1n) is 9.42. The number of rotatable bonds is 6. The zero-order valence-corrected chi connectivity index (χ0v) is 15.6. The summed E-state index contributed by atoms with van der Waals surface area (Å²) in [4.78, 5) is 21.7. The number of pyridine rings is 1. The molecule has 1 aliphatic carbocycles. The van der Waals surface area contributed by atoms with E-state index in [1.165, 1.54) is 11.9 Å². The van der Waals surface area contributed by atoms with Crippen LogP contribution in [-0.2, 0) is 12.8 Å². The highest BCUT2D eigenvalue weighted by molar-refractivity contribution is 5.82. The lowest BCUT2D eigenvalue weighted by atomic mass is 10.2. The van der Waals surface area contributed by atoms with E-state index in [0.717, 1.165) is 41.7 Å². The van der Waals surface area contributed by atoms with E-state index in [-0.39, 0.29) is 6.61 Å². The third-order valence-corrected chi connectivity index (χ3v) is 4.85. The van der Waals surface area contributed by atoms with Gasteiger partial charge in [-0.15, -0.1) is 0 Å². The van der Waals surface area contributed by atoms with E-state index in [2.05, 4.69) is 40.7 Å². The van der Waals surface area contributed by atoms with Crippen LogP contribution in [0.2, 0.25) is 0 Å². The van der Waals surface area contributed by atoms with Crippen molar-refractivity contribution in [3.63, 3.8) is 0 Å². The Bertz CT molecular complexity index is 1170. The minimum Gasteiger partial charge on any atom is -0.395 e. The van der Waals surface area contributed by atoms with Crippen LogP contribution < -0.4 is 10.6 Å². The molecule has 0 fully saturated rings. The molecule has 0 aromatic carbocycles. The summed E-state index contributed by atoms with van der Waals surface area (Å²) >= 11 is 0. The normalized spacial score (nSPS) is 12.9. The van der Waals surface area contributed by atoms with Crippen LogP contribution in [0, 0.1) is 0 Å². The maximum Gasteiger partial charge on any atom is 0.160 e. The highest BCUT2D eigenvalue weighted by atomic mass is 16.3. The summed E-state index contributed by atoms with van der Waals surface area (Å²) in [5.41, 5.74) is 3.18. The SMILES string of the molecule is OCCNc1cc(Nc2cc3c(cn2)cnn3-c2ncnc3c2CCC3)ncn1. The molecule has 4 aromatic rings. The van der Waals surface area contributed by atoms with Crippen LogP contribution in [0.15, 0.2) is 37.2 Å². The lowest BCUT2D eigenvalue weighted by molar-refractivity contribution is 0.311. The molecule has 0 unspecified atom stereocenters. The molecule has 0 bridgehead atoms. The maximum atomic E-state index is 8.94. The smallest absolute Gasteiger partial charge is 0.160 e. The van der Waals surface area contributed by atoms with Crippen molar-refractivity contribution in [2.45, 2.75) is 19.3 Å². The third-order valence-electron chi connectivity index (χ3n) is 4.85. The van der Waals surface area contributed by atoms with Crippen LogP contribution in [0.1, 0.15) is 17.7 Å². The Morgan fingerprint density at radius 1 is 0.931 bits per heavy atom. The van der Waals surface area contributed by atoms with Crippen LogP contribution in [0.25, 0.3) is 16.7 Å². The number of aromatic nitrogens is 7. The van der Waals surface area contributed by atoms with E-state index in [4.69, 9.17) is 5.11 Å². The Balaban J connectivity index is 1.49. The molecule has 0 saturated heterocycles. The van der Waals surface area contributed by atoms with Gasteiger partial charge in [-0.2, -0.15) is 5.10 Å². The molecule has 0 atom stereocenters. The number of fused-ring (bicyclic) bond motifs is 2. The summed E-state index contributed by atoms with van der Waals surface area (Å²) in [5, 5.41) is 20.6. The fourth-order valence-corrected chi connectivity index (χ4v) is 3.52. The Kier molecular flexibility index (Phi) is 4.45. The molecule has 0 saturated carbocycles. The number of aliphatic hydroxyl groups excluding tert-OH is 1. The average molecular weight is 389 g/mol. The van der Waals surface area contributed by atoms with Crippen LogP contribution in [0.3, 0.4) is 0 Å². The van der Waals surface area contributed by atoms with Crippen molar-refractivity contribution in [2.75, 3.05) is 23.8 Å². The fraction of sp³-hybridized carbons (Fsp3) is 0.263. The number of aliphatic hydroxyl groups is 1. The Morgan fingerprint density at radius 2 is 1.79 bits per heavy atom. The molecular formula is C19H19N9O. The average Bonchev–Trinajstić information content (AvgIpc) is 3.39. The minimum absolute atomic E-state index is 0.0295. The molecule has 4 aromatic heterocycles. The monoisotopic (exact) mass is 389 g/mol. The Hall–Kier alpha value is -3.66. The van der Waals surface area contributed by atoms with Gasteiger partial charge in [-0.1, -0.05) is 0 Å². The highest BCUT2D eigenvalue weighted by Gasteiger charge is 2.20. The number of hydrogen-bond acceptors (Lipinski definition) is 9. The molecule has 4 heterocycles. The molecule has 3 N–H and O–H groups in total. The molecule has 0 amide bonds. The molecule has 29 heavy (non-hydrogen) atoms. The molecule has 5 rings (SSSR count). The lowest BCUT2D eigenvalue weighted by Crippen LogP contribution is -2.08. The number of nitrogens with zero attached hydrogens (tertiary/aromatic N) is 7. The second-order valence-electron chi connectivity index (χ2n) is 6.72. The van der Waals surface area contributed by atoms with Crippen LogP contribution in [0.4, 0.5) is 17.5 Å². The van der Waals surface area contributed by atoms with E-state index in [1.54, 1.807) is 24.8 Å². The van der Waals surface area contributed by atoms with Gasteiger partial charge >= 0.3 is 0 Å². The van der Waals surface area contributed by atoms with Gasteiger partial charge < -0.3 is 15.7 Å². The van der Waals surface area contributed by atoms with Crippen molar-refractivity contribution < 1.29 is 5.11 Å². The van der Waals surface area contributed by atoms with E-state index < -0.39 is 0 Å². The second kappa shape index (κ2) is 7.40. The van der Waals surface area contributed by atoms with Crippen molar-refractivity contribution >= 4 is 28.4 Å². The summed E-state index contributed by atoms with van der Waals surface area (Å²) in [7, 11) is 0. The van der Waals surface area contributed by atoms with Crippen LogP contribution in [-0.4, -0.2) is 53.0 Å². The van der Waals surface area contributed by atoms with Gasteiger partial charge in [0.25, 0.3) is 0 Å². The van der Waals surface area contributed by atoms with Crippen molar-refractivity contribution in [3.05, 3.63) is 48.4 Å². The lowest BCUT2D eigenvalue weighted by Gasteiger charge is -2.09. The number of anilines is 3. The van der Waals surface area contributed by atoms with Crippen molar-refractivity contribution in [1.82, 2.24) is 34.7 Å². The Morgan fingerprint density at radius 3 is 2.72 bits per heavy atom. The molecule has 0 radical (unpaired) electrons. The van der Waals surface area contributed by atoms with Gasteiger partial charge in [0, 0.05) is 41.5 Å². The topological polar surface area (TPSA) is 127 Å². The largest absolute Gasteiger partial charge is 0.395 e. The first-order chi connectivity index (χ1) is 14.3. The third kappa shape index (κ3) is 3.34. The van der Waals surface area contributed by atoms with Gasteiger partial charge in [-0.05, 0) is 19.3 Å². The first kappa shape index (κ1) is 17.4. The molecular weight excluding hydrogens is 370 g/mol. The summed E-state index contributed by atoms with van der Waals surface area (Å²) in [6.07, 6.45) is 9.66. The zero-order valence-electron chi connectivity index (χ0n) is 15.6. The van der Waals surface area contributed by atoms with Crippen molar-refractivity contribution in [3.8, 4) is 5.82 Å². The molecule has 146 valence electrons. The van der Waals surface area contributed by atoms with Gasteiger partial charge in [-0.3, -0.25) is 0 Å². The Labute approximate surface area is 166 Å². The predicted octanol–water partition coefficient (Wildman–Crippen LogP) is 1.64. The molecule has 0 spiro atoms. The number of aryl methyl sites for hydroxylation is 1. The van der Waals surface area contributed by atoms with Gasteiger partial charge in [0.15, 0.2) is 5.82 Å². The second-order valence-corrected chi connectivity index (χ2v) is 6.72. The summed E-state index contributed by atoms with van der Waals surface area (Å²) in [5.74, 6) is 2.69. The first-order valence-corrected chi connectivity index (χ1v) is 9.42. The van der Waals surface area contributed by atoms with Crippen LogP contribution in [0.5, 0.6) is 0 Å². The molecule has 1 aliphatic rings. The maximum absolute atomic E-state index is 8.94. The predicted molar refractivity (Wildman–Crippen MR) is 107 cm³/mol.